The molecule has 1 unspecified atom stereocenters. The van der Waals surface area contributed by atoms with Crippen LogP contribution in [0.4, 0.5) is 0 Å². The summed E-state index contributed by atoms with van der Waals surface area (Å²) in [6, 6.07) is 15.6. The zero-order valence-corrected chi connectivity index (χ0v) is 20.9. The molecule has 2 aromatic carbocycles. The Morgan fingerprint density at radius 3 is 2.39 bits per heavy atom. The molecular weight excluding hydrogens is 454 g/mol. The zero-order chi connectivity index (χ0) is 25.4. The van der Waals surface area contributed by atoms with Crippen LogP contribution in [0.3, 0.4) is 0 Å². The largest absolute Gasteiger partial charge is 0.369 e. The first-order valence-electron chi connectivity index (χ1n) is 12.7. The first-order chi connectivity index (χ1) is 17.2. The number of nitrogens with two attached hydrogens (primary N) is 1. The van der Waals surface area contributed by atoms with Crippen molar-refractivity contribution >= 4 is 23.7 Å². The van der Waals surface area contributed by atoms with Gasteiger partial charge in [-0.25, -0.2) is 4.99 Å². The Morgan fingerprint density at radius 1 is 1.06 bits per heavy atom. The highest BCUT2D eigenvalue weighted by molar-refractivity contribution is 6.07. The van der Waals surface area contributed by atoms with Gasteiger partial charge in [0.05, 0.1) is 0 Å². The van der Waals surface area contributed by atoms with E-state index in [0.29, 0.717) is 31.2 Å². The predicted molar refractivity (Wildman–Crippen MR) is 138 cm³/mol. The van der Waals surface area contributed by atoms with Gasteiger partial charge in [-0.15, -0.1) is 0 Å². The van der Waals surface area contributed by atoms with Crippen LogP contribution in [0.15, 0.2) is 53.5 Å². The lowest BCUT2D eigenvalue weighted by Crippen LogP contribution is -2.46. The van der Waals surface area contributed by atoms with Gasteiger partial charge < -0.3 is 16.0 Å². The second-order valence-corrected chi connectivity index (χ2v) is 10.3. The zero-order valence-electron chi connectivity index (χ0n) is 20.9. The summed E-state index contributed by atoms with van der Waals surface area (Å²) in [6.07, 6.45) is 3.76. The van der Waals surface area contributed by atoms with Crippen LogP contribution >= 0.6 is 0 Å². The van der Waals surface area contributed by atoms with Gasteiger partial charge in [0.2, 0.25) is 5.91 Å². The van der Waals surface area contributed by atoms with E-state index in [1.54, 1.807) is 18.7 Å². The van der Waals surface area contributed by atoms with Gasteiger partial charge in [0, 0.05) is 38.2 Å². The van der Waals surface area contributed by atoms with Crippen molar-refractivity contribution in [3.63, 3.8) is 0 Å². The third-order valence-electron chi connectivity index (χ3n) is 7.57. The summed E-state index contributed by atoms with van der Waals surface area (Å²) in [4.78, 5) is 45.8. The molecule has 1 aliphatic carbocycles. The molecule has 2 fully saturated rings. The Morgan fingerprint density at radius 2 is 1.72 bits per heavy atom. The molecule has 0 radical (unpaired) electrons. The van der Waals surface area contributed by atoms with Gasteiger partial charge >= 0.3 is 0 Å². The van der Waals surface area contributed by atoms with Crippen LogP contribution in [0.5, 0.6) is 0 Å². The summed E-state index contributed by atoms with van der Waals surface area (Å²) < 4.78 is 0. The Hall–Kier alpha value is -3.68. The standard InChI is InChI=1S/C28H33N5O3/c1-18(34)32-13-11-19(12-14-32)17-33-26(36)28(2,31-27(33)29)23-8-4-6-21(16-23)20-5-3-7-22(15-20)25(35)30-24-9-10-24/h3-8,15-16,19,24H,9-14,17H2,1-2H3,(H2,29,31)(H,30,35). The number of nitrogens with zero attached hydrogens (tertiary/aromatic N) is 3. The lowest BCUT2D eigenvalue weighted by molar-refractivity contribution is -0.133. The van der Waals surface area contributed by atoms with Gasteiger partial charge in [-0.2, -0.15) is 0 Å². The molecule has 2 aliphatic heterocycles. The molecule has 2 aromatic rings. The van der Waals surface area contributed by atoms with Gasteiger partial charge in [-0.3, -0.25) is 19.3 Å². The molecular formula is C28H33N5O3. The number of benzene rings is 2. The maximum Gasteiger partial charge on any atom is 0.261 e. The molecule has 2 heterocycles. The van der Waals surface area contributed by atoms with Crippen LogP contribution in [0, 0.1) is 5.92 Å². The monoisotopic (exact) mass is 487 g/mol. The molecule has 3 aliphatic rings. The van der Waals surface area contributed by atoms with Crippen LogP contribution < -0.4 is 11.1 Å². The summed E-state index contributed by atoms with van der Waals surface area (Å²) in [5.41, 5.74) is 8.35. The van der Waals surface area contributed by atoms with E-state index in [4.69, 9.17) is 5.73 Å². The number of piperidine rings is 1. The van der Waals surface area contributed by atoms with Crippen molar-refractivity contribution in [1.29, 1.82) is 0 Å². The molecule has 36 heavy (non-hydrogen) atoms. The minimum Gasteiger partial charge on any atom is -0.369 e. The Balaban J connectivity index is 1.33. The number of hydrogen-bond acceptors (Lipinski definition) is 5. The SMILES string of the molecule is CC(=O)N1CCC(CN2C(=O)C(C)(c3cccc(-c4cccc(C(=O)NC5CC5)c4)c3)N=C2N)CC1. The van der Waals surface area contributed by atoms with Crippen LogP contribution in [0.25, 0.3) is 11.1 Å². The van der Waals surface area contributed by atoms with Gasteiger partial charge in [-0.05, 0) is 73.4 Å². The normalized spacial score (nSPS) is 22.5. The molecule has 0 bridgehead atoms. The Labute approximate surface area is 211 Å². The third kappa shape index (κ3) is 4.72. The van der Waals surface area contributed by atoms with Gasteiger partial charge in [-0.1, -0.05) is 30.3 Å². The number of rotatable bonds is 6. The van der Waals surface area contributed by atoms with E-state index in [-0.39, 0.29) is 29.6 Å². The minimum atomic E-state index is -1.11. The number of hydrogen-bond donors (Lipinski definition) is 2. The molecule has 8 nitrogen and oxygen atoms in total. The average Bonchev–Trinajstić information content (AvgIpc) is 3.67. The van der Waals surface area contributed by atoms with E-state index in [0.717, 1.165) is 42.4 Å². The van der Waals surface area contributed by atoms with Crippen molar-refractivity contribution in [2.45, 2.75) is 51.1 Å². The van der Waals surface area contributed by atoms with E-state index in [1.807, 2.05) is 53.4 Å². The summed E-state index contributed by atoms with van der Waals surface area (Å²) in [5.74, 6) is 0.407. The van der Waals surface area contributed by atoms with Crippen LogP contribution in [-0.2, 0) is 15.1 Å². The topological polar surface area (TPSA) is 108 Å². The summed E-state index contributed by atoms with van der Waals surface area (Å²) >= 11 is 0. The average molecular weight is 488 g/mol. The second-order valence-electron chi connectivity index (χ2n) is 10.3. The van der Waals surface area contributed by atoms with E-state index in [9.17, 15) is 14.4 Å². The lowest BCUT2D eigenvalue weighted by Gasteiger charge is -2.33. The molecule has 1 saturated carbocycles. The van der Waals surface area contributed by atoms with E-state index in [1.165, 1.54) is 0 Å². The number of carbonyl (C=O) groups is 3. The van der Waals surface area contributed by atoms with Crippen LogP contribution in [0.1, 0.15) is 55.5 Å². The van der Waals surface area contributed by atoms with E-state index in [2.05, 4.69) is 10.3 Å². The fraction of sp³-hybridized carbons (Fsp3) is 0.429. The number of carbonyl (C=O) groups excluding carboxylic acids is 3. The lowest BCUT2D eigenvalue weighted by atomic mass is 9.89. The highest BCUT2D eigenvalue weighted by Crippen LogP contribution is 2.36. The molecule has 3 amide bonds. The summed E-state index contributed by atoms with van der Waals surface area (Å²) in [7, 11) is 0. The number of aliphatic imine (C=N–C) groups is 1. The van der Waals surface area contributed by atoms with Gasteiger partial charge in [0.25, 0.3) is 11.8 Å². The number of nitrogens with one attached hydrogen (secondary N) is 1. The van der Waals surface area contributed by atoms with Crippen molar-refractivity contribution in [3.05, 3.63) is 59.7 Å². The quantitative estimate of drug-likeness (QED) is 0.653. The van der Waals surface area contributed by atoms with E-state index >= 15 is 0 Å². The number of likely N-dealkylation sites (tertiary alicyclic amines) is 1. The molecule has 0 aromatic heterocycles. The second kappa shape index (κ2) is 9.41. The smallest absolute Gasteiger partial charge is 0.261 e. The Kier molecular flexibility index (Phi) is 6.28. The molecule has 1 atom stereocenters. The highest BCUT2D eigenvalue weighted by Gasteiger charge is 2.46. The highest BCUT2D eigenvalue weighted by atomic mass is 16.2. The molecule has 3 N–H and O–H groups in total. The first-order valence-corrected chi connectivity index (χ1v) is 12.7. The molecule has 0 spiro atoms. The van der Waals surface area contributed by atoms with Crippen molar-refractivity contribution in [1.82, 2.24) is 15.1 Å². The summed E-state index contributed by atoms with van der Waals surface area (Å²) in [6.45, 7) is 5.31. The van der Waals surface area contributed by atoms with Crippen molar-refractivity contribution in [2.75, 3.05) is 19.6 Å². The third-order valence-corrected chi connectivity index (χ3v) is 7.57. The number of guanidine groups is 1. The van der Waals surface area contributed by atoms with Gasteiger partial charge in [0.15, 0.2) is 11.5 Å². The fourth-order valence-electron chi connectivity index (χ4n) is 5.10. The molecule has 188 valence electrons. The van der Waals surface area contributed by atoms with Crippen LogP contribution in [0.2, 0.25) is 0 Å². The predicted octanol–water partition coefficient (Wildman–Crippen LogP) is 2.88. The maximum atomic E-state index is 13.6. The Bertz CT molecular complexity index is 1230. The maximum absolute atomic E-state index is 13.6. The summed E-state index contributed by atoms with van der Waals surface area (Å²) in [5, 5.41) is 3.03. The first kappa shape index (κ1) is 24.0. The van der Waals surface area contributed by atoms with Crippen molar-refractivity contribution in [3.8, 4) is 11.1 Å². The van der Waals surface area contributed by atoms with Crippen molar-refractivity contribution < 1.29 is 14.4 Å². The van der Waals surface area contributed by atoms with Crippen molar-refractivity contribution in [2.24, 2.45) is 16.6 Å². The van der Waals surface area contributed by atoms with Crippen LogP contribution in [-0.4, -0.2) is 59.2 Å². The fourth-order valence-corrected chi connectivity index (χ4v) is 5.10. The molecule has 1 saturated heterocycles. The van der Waals surface area contributed by atoms with Gasteiger partial charge in [0.1, 0.15) is 0 Å². The minimum absolute atomic E-state index is 0.0596. The molecule has 5 rings (SSSR count). The van der Waals surface area contributed by atoms with E-state index < -0.39 is 5.54 Å². The molecule has 8 heteroatoms. The number of amides is 3.